The van der Waals surface area contributed by atoms with E-state index < -0.39 is 0 Å². The number of likely N-dealkylation sites (tertiary alicyclic amines) is 1. The van der Waals surface area contributed by atoms with Gasteiger partial charge in [0.1, 0.15) is 11.5 Å². The molecule has 20 heavy (non-hydrogen) atoms. The Kier molecular flexibility index (Phi) is 4.89. The SMILES string of the molecule is CCNc1cnc(C(=O)N(C)C2CCCN(C)C2)cn1. The number of likely N-dealkylation sites (N-methyl/N-ethyl adjacent to an activating group) is 2. The predicted octanol–water partition coefficient (Wildman–Crippen LogP) is 1.07. The number of nitrogens with zero attached hydrogens (tertiary/aromatic N) is 4. The number of anilines is 1. The number of nitrogens with one attached hydrogen (secondary N) is 1. The third-order valence-corrected chi connectivity index (χ3v) is 3.70. The number of rotatable bonds is 4. The van der Waals surface area contributed by atoms with Crippen molar-refractivity contribution >= 4 is 11.7 Å². The molecule has 1 atom stereocenters. The number of aromatic nitrogens is 2. The highest BCUT2D eigenvalue weighted by atomic mass is 16.2. The maximum atomic E-state index is 12.4. The molecule has 1 fully saturated rings. The molecule has 1 unspecified atom stereocenters. The van der Waals surface area contributed by atoms with E-state index in [1.54, 1.807) is 17.3 Å². The largest absolute Gasteiger partial charge is 0.369 e. The fraction of sp³-hybridized carbons (Fsp3) is 0.643. The van der Waals surface area contributed by atoms with Crippen LogP contribution in [-0.2, 0) is 0 Å². The average Bonchev–Trinajstić information content (AvgIpc) is 2.47. The Morgan fingerprint density at radius 3 is 2.90 bits per heavy atom. The van der Waals surface area contributed by atoms with Crippen LogP contribution in [0.4, 0.5) is 5.82 Å². The molecule has 1 amide bonds. The number of amides is 1. The zero-order valence-electron chi connectivity index (χ0n) is 12.5. The molecule has 0 bridgehead atoms. The van der Waals surface area contributed by atoms with Crippen molar-refractivity contribution in [1.29, 1.82) is 0 Å². The van der Waals surface area contributed by atoms with Gasteiger partial charge in [0.05, 0.1) is 12.4 Å². The summed E-state index contributed by atoms with van der Waals surface area (Å²) >= 11 is 0. The summed E-state index contributed by atoms with van der Waals surface area (Å²) in [7, 11) is 3.95. The lowest BCUT2D eigenvalue weighted by atomic mass is 10.0. The molecule has 0 aliphatic carbocycles. The second-order valence-corrected chi connectivity index (χ2v) is 5.29. The van der Waals surface area contributed by atoms with E-state index in [1.165, 1.54) is 0 Å². The second kappa shape index (κ2) is 6.65. The molecule has 0 aromatic carbocycles. The molecule has 1 aromatic rings. The minimum atomic E-state index is -0.0548. The summed E-state index contributed by atoms with van der Waals surface area (Å²) in [4.78, 5) is 24.9. The number of hydrogen-bond acceptors (Lipinski definition) is 5. The van der Waals surface area contributed by atoms with Gasteiger partial charge in [-0.05, 0) is 33.4 Å². The van der Waals surface area contributed by atoms with Gasteiger partial charge >= 0.3 is 0 Å². The first-order valence-corrected chi connectivity index (χ1v) is 7.13. The van der Waals surface area contributed by atoms with E-state index in [0.29, 0.717) is 11.5 Å². The van der Waals surface area contributed by atoms with Gasteiger partial charge in [-0.15, -0.1) is 0 Å². The van der Waals surface area contributed by atoms with Gasteiger partial charge in [-0.1, -0.05) is 0 Å². The minimum absolute atomic E-state index is 0.0548. The molecular weight excluding hydrogens is 254 g/mol. The Balaban J connectivity index is 2.02. The third-order valence-electron chi connectivity index (χ3n) is 3.70. The summed E-state index contributed by atoms with van der Waals surface area (Å²) in [5.41, 5.74) is 0.405. The van der Waals surface area contributed by atoms with E-state index in [2.05, 4.69) is 27.2 Å². The number of piperidine rings is 1. The van der Waals surface area contributed by atoms with Gasteiger partial charge in [-0.3, -0.25) is 4.79 Å². The first-order chi connectivity index (χ1) is 9.61. The van der Waals surface area contributed by atoms with Crippen LogP contribution < -0.4 is 5.32 Å². The van der Waals surface area contributed by atoms with E-state index in [0.717, 1.165) is 32.5 Å². The molecule has 6 nitrogen and oxygen atoms in total. The molecule has 1 N–H and O–H groups in total. The lowest BCUT2D eigenvalue weighted by Crippen LogP contribution is -2.47. The quantitative estimate of drug-likeness (QED) is 0.892. The monoisotopic (exact) mass is 277 g/mol. The summed E-state index contributed by atoms with van der Waals surface area (Å²) < 4.78 is 0. The molecule has 1 aliphatic heterocycles. The predicted molar refractivity (Wildman–Crippen MR) is 78.8 cm³/mol. The zero-order valence-corrected chi connectivity index (χ0v) is 12.5. The maximum absolute atomic E-state index is 12.4. The molecule has 1 saturated heterocycles. The van der Waals surface area contributed by atoms with Gasteiger partial charge in [-0.25, -0.2) is 9.97 Å². The van der Waals surface area contributed by atoms with Crippen LogP contribution in [-0.4, -0.2) is 65.4 Å². The van der Waals surface area contributed by atoms with Gasteiger partial charge in [0.2, 0.25) is 0 Å². The van der Waals surface area contributed by atoms with Crippen LogP contribution in [0.25, 0.3) is 0 Å². The van der Waals surface area contributed by atoms with Crippen LogP contribution in [0, 0.1) is 0 Å². The molecule has 0 spiro atoms. The van der Waals surface area contributed by atoms with Crippen molar-refractivity contribution in [2.45, 2.75) is 25.8 Å². The highest BCUT2D eigenvalue weighted by Gasteiger charge is 2.25. The summed E-state index contributed by atoms with van der Waals surface area (Å²) in [6, 6.07) is 0.261. The summed E-state index contributed by atoms with van der Waals surface area (Å²) in [5, 5.41) is 3.07. The van der Waals surface area contributed by atoms with Crippen LogP contribution in [0.2, 0.25) is 0 Å². The fourth-order valence-corrected chi connectivity index (χ4v) is 2.51. The van der Waals surface area contributed by atoms with Crippen LogP contribution in [0.3, 0.4) is 0 Å². The van der Waals surface area contributed by atoms with Crippen molar-refractivity contribution < 1.29 is 4.79 Å². The number of carbonyl (C=O) groups is 1. The van der Waals surface area contributed by atoms with Crippen LogP contribution in [0.1, 0.15) is 30.3 Å². The van der Waals surface area contributed by atoms with Gasteiger partial charge in [0, 0.05) is 26.2 Å². The fourth-order valence-electron chi connectivity index (χ4n) is 2.51. The molecule has 0 saturated carbocycles. The highest BCUT2D eigenvalue weighted by molar-refractivity contribution is 5.92. The second-order valence-electron chi connectivity index (χ2n) is 5.29. The van der Waals surface area contributed by atoms with E-state index >= 15 is 0 Å². The summed E-state index contributed by atoms with van der Waals surface area (Å²) in [6.45, 7) is 4.81. The van der Waals surface area contributed by atoms with Crippen LogP contribution in [0.15, 0.2) is 12.4 Å². The van der Waals surface area contributed by atoms with E-state index in [9.17, 15) is 4.79 Å². The Hall–Kier alpha value is -1.69. The van der Waals surface area contributed by atoms with Gasteiger partial charge < -0.3 is 15.1 Å². The van der Waals surface area contributed by atoms with Crippen molar-refractivity contribution in [3.8, 4) is 0 Å². The van der Waals surface area contributed by atoms with Gasteiger partial charge in [-0.2, -0.15) is 0 Å². The molecule has 0 radical (unpaired) electrons. The van der Waals surface area contributed by atoms with Crippen molar-refractivity contribution in [2.24, 2.45) is 0 Å². The molecule has 2 rings (SSSR count). The first kappa shape index (κ1) is 14.7. The number of hydrogen-bond donors (Lipinski definition) is 1. The third kappa shape index (κ3) is 3.45. The topological polar surface area (TPSA) is 61.4 Å². The first-order valence-electron chi connectivity index (χ1n) is 7.13. The normalized spacial score (nSPS) is 19.6. The maximum Gasteiger partial charge on any atom is 0.274 e. The molecule has 6 heteroatoms. The number of carbonyl (C=O) groups excluding carboxylic acids is 1. The van der Waals surface area contributed by atoms with Crippen LogP contribution in [0.5, 0.6) is 0 Å². The molecular formula is C14H23N5O. The van der Waals surface area contributed by atoms with Crippen molar-refractivity contribution in [3.63, 3.8) is 0 Å². The summed E-state index contributed by atoms with van der Waals surface area (Å²) in [5.74, 6) is 0.643. The lowest BCUT2D eigenvalue weighted by molar-refractivity contribution is 0.0638. The molecule has 2 heterocycles. The standard InChI is InChI=1S/C14H23N5O/c1-4-15-13-9-16-12(8-17-13)14(20)19(3)11-6-5-7-18(2)10-11/h8-9,11H,4-7,10H2,1-3H3,(H,15,17). The highest BCUT2D eigenvalue weighted by Crippen LogP contribution is 2.15. The van der Waals surface area contributed by atoms with Gasteiger partial charge in [0.25, 0.3) is 5.91 Å². The lowest BCUT2D eigenvalue weighted by Gasteiger charge is -2.35. The smallest absolute Gasteiger partial charge is 0.274 e. The Morgan fingerprint density at radius 1 is 1.50 bits per heavy atom. The van der Waals surface area contributed by atoms with E-state index in [1.807, 2.05) is 14.0 Å². The van der Waals surface area contributed by atoms with E-state index in [-0.39, 0.29) is 11.9 Å². The van der Waals surface area contributed by atoms with Crippen LogP contribution >= 0.6 is 0 Å². The van der Waals surface area contributed by atoms with E-state index in [4.69, 9.17) is 0 Å². The average molecular weight is 277 g/mol. The van der Waals surface area contributed by atoms with Gasteiger partial charge in [0.15, 0.2) is 0 Å². The molecule has 1 aromatic heterocycles. The van der Waals surface area contributed by atoms with Crippen molar-refractivity contribution in [1.82, 2.24) is 19.8 Å². The Morgan fingerprint density at radius 2 is 2.30 bits per heavy atom. The molecule has 1 aliphatic rings. The Labute approximate surface area is 120 Å². The Bertz CT molecular complexity index is 447. The zero-order chi connectivity index (χ0) is 14.5. The summed E-state index contributed by atoms with van der Waals surface area (Å²) in [6.07, 6.45) is 5.33. The molecule has 110 valence electrons. The van der Waals surface area contributed by atoms with Crippen molar-refractivity contribution in [3.05, 3.63) is 18.1 Å². The van der Waals surface area contributed by atoms with Crippen molar-refractivity contribution in [2.75, 3.05) is 39.0 Å². The minimum Gasteiger partial charge on any atom is -0.369 e.